The first-order chi connectivity index (χ1) is 7.72. The molecule has 0 N–H and O–H groups in total. The number of pyridine rings is 1. The fraction of sp³-hybridized carbons (Fsp3) is 0.0833. The van der Waals surface area contributed by atoms with Crippen molar-refractivity contribution >= 4 is 11.6 Å². The Morgan fingerprint density at radius 3 is 2.81 bits per heavy atom. The van der Waals surface area contributed by atoms with Gasteiger partial charge in [0.2, 0.25) is 5.88 Å². The molecule has 0 radical (unpaired) electrons. The van der Waals surface area contributed by atoms with Crippen LogP contribution in [-0.2, 0) is 0 Å². The van der Waals surface area contributed by atoms with Gasteiger partial charge in [-0.25, -0.2) is 9.37 Å². The van der Waals surface area contributed by atoms with Crippen molar-refractivity contribution < 1.29 is 9.13 Å². The third-order valence-corrected chi connectivity index (χ3v) is 2.50. The molecule has 0 saturated heterocycles. The molecule has 0 saturated carbocycles. The van der Waals surface area contributed by atoms with Gasteiger partial charge in [-0.1, -0.05) is 17.7 Å². The number of rotatable bonds is 2. The Balaban J connectivity index is 2.54. The molecule has 0 amide bonds. The molecule has 0 aliphatic heterocycles. The van der Waals surface area contributed by atoms with E-state index in [4.69, 9.17) is 16.3 Å². The van der Waals surface area contributed by atoms with Crippen LogP contribution in [0, 0.1) is 5.82 Å². The monoisotopic (exact) mass is 237 g/mol. The van der Waals surface area contributed by atoms with Crippen molar-refractivity contribution in [3.05, 3.63) is 47.4 Å². The molecule has 4 heteroatoms. The summed E-state index contributed by atoms with van der Waals surface area (Å²) in [5, 5.41) is 0.103. The molecule has 0 bridgehead atoms. The summed E-state index contributed by atoms with van der Waals surface area (Å²) in [5.41, 5.74) is 1.42. The maximum atomic E-state index is 13.3. The second-order valence-electron chi connectivity index (χ2n) is 3.19. The number of halogens is 2. The predicted molar refractivity (Wildman–Crippen MR) is 61.2 cm³/mol. The minimum Gasteiger partial charge on any atom is -0.481 e. The van der Waals surface area contributed by atoms with Crippen molar-refractivity contribution in [3.8, 4) is 17.0 Å². The van der Waals surface area contributed by atoms with E-state index in [1.165, 1.54) is 19.2 Å². The largest absolute Gasteiger partial charge is 0.481 e. The van der Waals surface area contributed by atoms with Gasteiger partial charge in [0, 0.05) is 11.8 Å². The Morgan fingerprint density at radius 1 is 1.31 bits per heavy atom. The second kappa shape index (κ2) is 4.49. The zero-order chi connectivity index (χ0) is 11.5. The highest BCUT2D eigenvalue weighted by Crippen LogP contribution is 2.29. The normalized spacial score (nSPS) is 10.2. The number of benzene rings is 1. The minimum absolute atomic E-state index is 0.103. The Bertz CT molecular complexity index is 516. The maximum absolute atomic E-state index is 13.3. The third kappa shape index (κ3) is 1.99. The molecule has 0 unspecified atom stereocenters. The van der Waals surface area contributed by atoms with Crippen molar-refractivity contribution in [2.24, 2.45) is 0 Å². The van der Waals surface area contributed by atoms with E-state index in [1.807, 2.05) is 6.07 Å². The Labute approximate surface area is 97.7 Å². The van der Waals surface area contributed by atoms with Crippen molar-refractivity contribution in [1.82, 2.24) is 4.98 Å². The summed E-state index contributed by atoms with van der Waals surface area (Å²) in [6, 6.07) is 8.18. The lowest BCUT2D eigenvalue weighted by Crippen LogP contribution is -1.91. The lowest BCUT2D eigenvalue weighted by atomic mass is 10.1. The van der Waals surface area contributed by atoms with Gasteiger partial charge in [-0.2, -0.15) is 0 Å². The second-order valence-corrected chi connectivity index (χ2v) is 3.60. The van der Waals surface area contributed by atoms with Crippen LogP contribution in [0.3, 0.4) is 0 Å². The van der Waals surface area contributed by atoms with Crippen LogP contribution < -0.4 is 4.74 Å². The molecule has 1 aromatic carbocycles. The summed E-state index contributed by atoms with van der Waals surface area (Å²) in [6.45, 7) is 0. The van der Waals surface area contributed by atoms with Crippen molar-refractivity contribution in [2.45, 2.75) is 0 Å². The molecule has 2 rings (SSSR count). The Morgan fingerprint density at radius 2 is 2.12 bits per heavy atom. The van der Waals surface area contributed by atoms with E-state index in [0.717, 1.165) is 5.56 Å². The van der Waals surface area contributed by atoms with Crippen LogP contribution in [-0.4, -0.2) is 12.1 Å². The first-order valence-electron chi connectivity index (χ1n) is 4.67. The van der Waals surface area contributed by atoms with E-state index in [2.05, 4.69) is 4.98 Å². The summed E-state index contributed by atoms with van der Waals surface area (Å²) < 4.78 is 18.4. The molecule has 16 heavy (non-hydrogen) atoms. The number of methoxy groups -OCH3 is 1. The number of ether oxygens (including phenoxy) is 1. The first-order valence-corrected chi connectivity index (χ1v) is 5.04. The van der Waals surface area contributed by atoms with E-state index < -0.39 is 5.82 Å². The molecule has 2 nitrogen and oxygen atoms in total. The summed E-state index contributed by atoms with van der Waals surface area (Å²) in [6.07, 6.45) is 1.62. The standard InChI is InChI=1S/C12H9ClFNO/c1-16-12-9(3-2-6-15-12)8-4-5-10(13)11(14)7-8/h2-7H,1H3. The first kappa shape index (κ1) is 10.9. The molecule has 0 aliphatic rings. The summed E-state index contributed by atoms with van der Waals surface area (Å²) in [7, 11) is 1.53. The van der Waals surface area contributed by atoms with Crippen LogP contribution in [0.2, 0.25) is 5.02 Å². The smallest absolute Gasteiger partial charge is 0.221 e. The average Bonchev–Trinajstić information content (AvgIpc) is 2.32. The van der Waals surface area contributed by atoms with Crippen LogP contribution in [0.4, 0.5) is 4.39 Å². The van der Waals surface area contributed by atoms with Crippen LogP contribution in [0.1, 0.15) is 0 Å². The van der Waals surface area contributed by atoms with Crippen molar-refractivity contribution in [3.63, 3.8) is 0 Å². The van der Waals surface area contributed by atoms with Crippen LogP contribution in [0.15, 0.2) is 36.5 Å². The zero-order valence-electron chi connectivity index (χ0n) is 8.58. The molecule has 2 aromatic rings. The highest BCUT2D eigenvalue weighted by Gasteiger charge is 2.08. The van der Waals surface area contributed by atoms with Gasteiger partial charge in [0.05, 0.1) is 12.1 Å². The quantitative estimate of drug-likeness (QED) is 0.797. The molecular formula is C12H9ClFNO. The fourth-order valence-electron chi connectivity index (χ4n) is 1.44. The molecular weight excluding hydrogens is 229 g/mol. The van der Waals surface area contributed by atoms with Gasteiger partial charge < -0.3 is 4.74 Å². The van der Waals surface area contributed by atoms with Gasteiger partial charge in [0.25, 0.3) is 0 Å². The lowest BCUT2D eigenvalue weighted by molar-refractivity contribution is 0.399. The molecule has 82 valence electrons. The van der Waals surface area contributed by atoms with Gasteiger partial charge in [0.1, 0.15) is 5.82 Å². The molecule has 0 fully saturated rings. The van der Waals surface area contributed by atoms with Crippen LogP contribution in [0.5, 0.6) is 5.88 Å². The Hall–Kier alpha value is -1.61. The topological polar surface area (TPSA) is 22.1 Å². The Kier molecular flexibility index (Phi) is 3.06. The number of hydrogen-bond acceptors (Lipinski definition) is 2. The van der Waals surface area contributed by atoms with E-state index in [1.54, 1.807) is 18.3 Å². The van der Waals surface area contributed by atoms with Gasteiger partial charge in [-0.05, 0) is 29.8 Å². The SMILES string of the molecule is COc1ncccc1-c1ccc(Cl)c(F)c1. The van der Waals surface area contributed by atoms with Crippen LogP contribution >= 0.6 is 11.6 Å². The van der Waals surface area contributed by atoms with Crippen molar-refractivity contribution in [2.75, 3.05) is 7.11 Å². The van der Waals surface area contributed by atoms with E-state index in [9.17, 15) is 4.39 Å². The minimum atomic E-state index is -0.454. The molecule has 0 atom stereocenters. The highest BCUT2D eigenvalue weighted by atomic mass is 35.5. The molecule has 1 heterocycles. The van der Waals surface area contributed by atoms with Crippen LogP contribution in [0.25, 0.3) is 11.1 Å². The maximum Gasteiger partial charge on any atom is 0.221 e. The third-order valence-electron chi connectivity index (χ3n) is 2.20. The number of aromatic nitrogens is 1. The fourth-order valence-corrected chi connectivity index (χ4v) is 1.55. The number of nitrogens with zero attached hydrogens (tertiary/aromatic N) is 1. The molecule has 0 spiro atoms. The van der Waals surface area contributed by atoms with Crippen molar-refractivity contribution in [1.29, 1.82) is 0 Å². The molecule has 0 aliphatic carbocycles. The van der Waals surface area contributed by atoms with E-state index >= 15 is 0 Å². The predicted octanol–water partition coefficient (Wildman–Crippen LogP) is 3.55. The van der Waals surface area contributed by atoms with Gasteiger partial charge in [-0.3, -0.25) is 0 Å². The van der Waals surface area contributed by atoms with E-state index in [0.29, 0.717) is 11.4 Å². The lowest BCUT2D eigenvalue weighted by Gasteiger charge is -2.07. The highest BCUT2D eigenvalue weighted by molar-refractivity contribution is 6.30. The number of hydrogen-bond donors (Lipinski definition) is 0. The summed E-state index contributed by atoms with van der Waals surface area (Å²) in [5.74, 6) is 0.00861. The zero-order valence-corrected chi connectivity index (χ0v) is 9.33. The average molecular weight is 238 g/mol. The summed E-state index contributed by atoms with van der Waals surface area (Å²) in [4.78, 5) is 4.05. The summed E-state index contributed by atoms with van der Waals surface area (Å²) >= 11 is 5.62. The van der Waals surface area contributed by atoms with Gasteiger partial charge >= 0.3 is 0 Å². The van der Waals surface area contributed by atoms with E-state index in [-0.39, 0.29) is 5.02 Å². The molecule has 1 aromatic heterocycles. The van der Waals surface area contributed by atoms with Gasteiger partial charge in [-0.15, -0.1) is 0 Å². The van der Waals surface area contributed by atoms with Gasteiger partial charge in [0.15, 0.2) is 0 Å².